The number of benzene rings is 1. The van der Waals surface area contributed by atoms with E-state index < -0.39 is 0 Å². The first-order valence-electron chi connectivity index (χ1n) is 10.2. The predicted molar refractivity (Wildman–Crippen MR) is 106 cm³/mol. The molecular weight excluding hydrogens is 375 g/mol. The van der Waals surface area contributed by atoms with Crippen LogP contribution in [0, 0.1) is 12.7 Å². The number of carboxylic acid groups (broad SMARTS) is 1. The van der Waals surface area contributed by atoms with Crippen molar-refractivity contribution >= 4 is 6.47 Å². The molecule has 1 aromatic heterocycles. The number of carbonyl (C=O) groups is 1. The van der Waals surface area contributed by atoms with Crippen LogP contribution in [0.25, 0.3) is 0 Å². The highest BCUT2D eigenvalue weighted by Crippen LogP contribution is 2.29. The number of piperidine rings is 1. The fourth-order valence-corrected chi connectivity index (χ4v) is 4.25. The fourth-order valence-electron chi connectivity index (χ4n) is 4.25. The summed E-state index contributed by atoms with van der Waals surface area (Å²) in [5, 5.41) is 11.5. The zero-order valence-electron chi connectivity index (χ0n) is 16.8. The monoisotopic (exact) mass is 404 g/mol. The largest absolute Gasteiger partial charge is 0.483 e. The third kappa shape index (κ3) is 5.83. The van der Waals surface area contributed by atoms with Gasteiger partial charge in [-0.15, -0.1) is 0 Å². The summed E-state index contributed by atoms with van der Waals surface area (Å²) in [4.78, 5) is 15.7. The molecule has 2 aliphatic rings. The summed E-state index contributed by atoms with van der Waals surface area (Å²) in [6.07, 6.45) is 4.62. The normalized spacial score (nSPS) is 20.7. The van der Waals surface area contributed by atoms with Gasteiger partial charge in [0, 0.05) is 31.7 Å². The van der Waals surface area contributed by atoms with E-state index >= 15 is 0 Å². The first kappa shape index (κ1) is 21.4. The molecule has 0 spiro atoms. The molecule has 29 heavy (non-hydrogen) atoms. The summed E-state index contributed by atoms with van der Waals surface area (Å²) in [5.41, 5.74) is 1.05. The van der Waals surface area contributed by atoms with Crippen LogP contribution in [-0.4, -0.2) is 63.6 Å². The average molecular weight is 404 g/mol. The molecule has 2 saturated heterocycles. The molecule has 158 valence electrons. The van der Waals surface area contributed by atoms with Gasteiger partial charge in [0.1, 0.15) is 17.5 Å². The van der Waals surface area contributed by atoms with Crippen LogP contribution in [0.5, 0.6) is 0 Å². The van der Waals surface area contributed by atoms with Crippen LogP contribution in [0.3, 0.4) is 0 Å². The number of aromatic nitrogens is 3. The van der Waals surface area contributed by atoms with Gasteiger partial charge in [0.25, 0.3) is 6.47 Å². The summed E-state index contributed by atoms with van der Waals surface area (Å²) in [5.74, 6) is 2.09. The molecule has 7 nitrogen and oxygen atoms in total. The van der Waals surface area contributed by atoms with Crippen molar-refractivity contribution in [1.29, 1.82) is 0 Å². The Hall–Kier alpha value is -2.32. The minimum Gasteiger partial charge on any atom is -0.483 e. The molecule has 0 amide bonds. The lowest BCUT2D eigenvalue weighted by Crippen LogP contribution is -2.45. The highest BCUT2D eigenvalue weighted by Gasteiger charge is 2.30. The lowest BCUT2D eigenvalue weighted by molar-refractivity contribution is -0.122. The lowest BCUT2D eigenvalue weighted by atomic mass is 9.94. The molecular formula is C21H29FN4O3. The van der Waals surface area contributed by atoms with E-state index in [0.717, 1.165) is 56.2 Å². The van der Waals surface area contributed by atoms with Crippen molar-refractivity contribution in [2.24, 2.45) is 0 Å². The van der Waals surface area contributed by atoms with Crippen molar-refractivity contribution in [3.63, 3.8) is 0 Å². The Kier molecular flexibility index (Phi) is 7.71. The fraction of sp³-hybridized carbons (Fsp3) is 0.571. The van der Waals surface area contributed by atoms with Gasteiger partial charge in [-0.05, 0) is 56.8 Å². The molecule has 4 rings (SSSR count). The second-order valence-corrected chi connectivity index (χ2v) is 7.58. The second-order valence-electron chi connectivity index (χ2n) is 7.58. The summed E-state index contributed by atoms with van der Waals surface area (Å²) in [6.45, 7) is 6.32. The number of hydrogen-bond donors (Lipinski definition) is 1. The van der Waals surface area contributed by atoms with Crippen molar-refractivity contribution in [3.05, 3.63) is 47.3 Å². The Morgan fingerprint density at radius 3 is 2.62 bits per heavy atom. The molecule has 1 N–H and O–H groups in total. The molecule has 0 aliphatic carbocycles. The van der Waals surface area contributed by atoms with Crippen molar-refractivity contribution in [1.82, 2.24) is 19.7 Å². The maximum absolute atomic E-state index is 13.2. The van der Waals surface area contributed by atoms with Gasteiger partial charge in [-0.3, -0.25) is 9.69 Å². The standard InChI is InChI=1S/C20H27FN4O.CH2O2/c1-15-22-20(25(23-15)13-16-4-6-18(21)7-5-16)17-3-2-10-24(14-17)19-8-11-26-12-9-19;2-1-3/h4-7,17,19H,2-3,8-14H2,1H3;1H,(H,2,3). The Morgan fingerprint density at radius 2 is 1.93 bits per heavy atom. The Bertz CT molecular complexity index is 775. The van der Waals surface area contributed by atoms with E-state index in [1.165, 1.54) is 25.1 Å². The van der Waals surface area contributed by atoms with Crippen LogP contribution < -0.4 is 0 Å². The SMILES string of the molecule is Cc1nc(C2CCCN(C3CCOCC3)C2)n(Cc2ccc(F)cc2)n1.O=CO. The van der Waals surface area contributed by atoms with Crippen LogP contribution in [-0.2, 0) is 16.1 Å². The molecule has 2 aromatic rings. The minimum atomic E-state index is -0.250. The highest BCUT2D eigenvalue weighted by atomic mass is 19.1. The van der Waals surface area contributed by atoms with E-state index in [-0.39, 0.29) is 12.3 Å². The summed E-state index contributed by atoms with van der Waals surface area (Å²) in [7, 11) is 0. The van der Waals surface area contributed by atoms with Gasteiger partial charge in [-0.25, -0.2) is 14.1 Å². The number of hydrogen-bond acceptors (Lipinski definition) is 5. The molecule has 0 saturated carbocycles. The Morgan fingerprint density at radius 1 is 1.24 bits per heavy atom. The predicted octanol–water partition coefficient (Wildman–Crippen LogP) is 2.83. The maximum Gasteiger partial charge on any atom is 0.290 e. The van der Waals surface area contributed by atoms with E-state index in [2.05, 4.69) is 10.00 Å². The zero-order chi connectivity index (χ0) is 20.6. The lowest BCUT2D eigenvalue weighted by Gasteiger charge is -2.39. The molecule has 1 aromatic carbocycles. The third-order valence-corrected chi connectivity index (χ3v) is 5.58. The minimum absolute atomic E-state index is 0.205. The molecule has 1 atom stereocenters. The topological polar surface area (TPSA) is 80.5 Å². The van der Waals surface area contributed by atoms with Crippen molar-refractivity contribution in [3.8, 4) is 0 Å². The third-order valence-electron chi connectivity index (χ3n) is 5.58. The number of halogens is 1. The van der Waals surface area contributed by atoms with Gasteiger partial charge < -0.3 is 9.84 Å². The first-order valence-corrected chi connectivity index (χ1v) is 10.2. The van der Waals surface area contributed by atoms with E-state index in [9.17, 15) is 4.39 Å². The van der Waals surface area contributed by atoms with Crippen LogP contribution in [0.4, 0.5) is 4.39 Å². The van der Waals surface area contributed by atoms with E-state index in [4.69, 9.17) is 19.6 Å². The van der Waals surface area contributed by atoms with Crippen LogP contribution >= 0.6 is 0 Å². The molecule has 2 aliphatic heterocycles. The van der Waals surface area contributed by atoms with E-state index in [0.29, 0.717) is 18.5 Å². The highest BCUT2D eigenvalue weighted by molar-refractivity contribution is 5.32. The van der Waals surface area contributed by atoms with Gasteiger partial charge in [-0.2, -0.15) is 5.10 Å². The van der Waals surface area contributed by atoms with Crippen molar-refractivity contribution < 1.29 is 19.0 Å². The van der Waals surface area contributed by atoms with Gasteiger partial charge in [-0.1, -0.05) is 12.1 Å². The average Bonchev–Trinajstić information content (AvgIpc) is 3.11. The zero-order valence-corrected chi connectivity index (χ0v) is 16.8. The summed E-state index contributed by atoms with van der Waals surface area (Å²) >= 11 is 0. The number of rotatable bonds is 4. The van der Waals surface area contributed by atoms with Gasteiger partial charge in [0.2, 0.25) is 0 Å². The van der Waals surface area contributed by atoms with Gasteiger partial charge in [0.15, 0.2) is 0 Å². The Balaban J connectivity index is 0.000000755. The van der Waals surface area contributed by atoms with Gasteiger partial charge in [0.05, 0.1) is 6.54 Å². The van der Waals surface area contributed by atoms with Crippen LogP contribution in [0.1, 0.15) is 48.8 Å². The second kappa shape index (κ2) is 10.5. The smallest absolute Gasteiger partial charge is 0.290 e. The molecule has 2 fully saturated rings. The Labute approximate surface area is 170 Å². The summed E-state index contributed by atoms with van der Waals surface area (Å²) in [6, 6.07) is 7.30. The number of ether oxygens (including phenoxy) is 1. The molecule has 8 heteroatoms. The van der Waals surface area contributed by atoms with Crippen LogP contribution in [0.2, 0.25) is 0 Å². The van der Waals surface area contributed by atoms with Crippen LogP contribution in [0.15, 0.2) is 24.3 Å². The van der Waals surface area contributed by atoms with Crippen molar-refractivity contribution in [2.75, 3.05) is 26.3 Å². The molecule has 1 unspecified atom stereocenters. The number of aryl methyl sites for hydroxylation is 1. The molecule has 0 bridgehead atoms. The number of likely N-dealkylation sites (tertiary alicyclic amines) is 1. The maximum atomic E-state index is 13.2. The van der Waals surface area contributed by atoms with E-state index in [1.807, 2.05) is 23.7 Å². The van der Waals surface area contributed by atoms with Gasteiger partial charge >= 0.3 is 0 Å². The first-order chi connectivity index (χ1) is 14.1. The summed E-state index contributed by atoms with van der Waals surface area (Å²) < 4.78 is 20.7. The molecule has 0 radical (unpaired) electrons. The van der Waals surface area contributed by atoms with E-state index in [1.54, 1.807) is 0 Å². The van der Waals surface area contributed by atoms with Crippen molar-refractivity contribution in [2.45, 2.75) is 51.1 Å². The quantitative estimate of drug-likeness (QED) is 0.790. The molecule has 3 heterocycles. The number of nitrogens with zero attached hydrogens (tertiary/aromatic N) is 4.